The highest BCUT2D eigenvalue weighted by atomic mass is 16.5. The molecule has 2 rings (SSSR count). The Bertz CT molecular complexity index is 956. The van der Waals surface area contributed by atoms with Gasteiger partial charge in [0.05, 0.1) is 12.2 Å². The number of hydrogen-bond acceptors (Lipinski definition) is 6. The van der Waals surface area contributed by atoms with Crippen LogP contribution in [0.3, 0.4) is 0 Å². The van der Waals surface area contributed by atoms with Crippen molar-refractivity contribution >= 4 is 29.0 Å². The molecule has 0 fully saturated rings. The van der Waals surface area contributed by atoms with Crippen LogP contribution >= 0.6 is 0 Å². The number of ether oxygens (including phenoxy) is 1. The topological polar surface area (TPSA) is 108 Å². The molecule has 0 spiro atoms. The Hall–Kier alpha value is -3.92. The molecule has 0 saturated heterocycles. The highest BCUT2D eigenvalue weighted by Gasteiger charge is 2.11. The number of ketones is 1. The number of hydrogen-bond donors (Lipinski definition) is 2. The summed E-state index contributed by atoms with van der Waals surface area (Å²) in [6.07, 6.45) is 1.27. The van der Waals surface area contributed by atoms with Gasteiger partial charge in [0.25, 0.3) is 5.91 Å². The number of amides is 1. The van der Waals surface area contributed by atoms with Gasteiger partial charge in [0.15, 0.2) is 5.78 Å². The molecule has 142 valence electrons. The zero-order valence-corrected chi connectivity index (χ0v) is 15.5. The molecule has 2 aromatic carbocycles. The summed E-state index contributed by atoms with van der Waals surface area (Å²) in [4.78, 5) is 35.3. The highest BCUT2D eigenvalue weighted by Crippen LogP contribution is 2.14. The summed E-state index contributed by atoms with van der Waals surface area (Å²) in [6, 6.07) is 14.7. The Kier molecular flexibility index (Phi) is 7.06. The van der Waals surface area contributed by atoms with Gasteiger partial charge in [-0.25, -0.2) is 4.79 Å². The second-order valence-electron chi connectivity index (χ2n) is 5.70. The van der Waals surface area contributed by atoms with E-state index in [4.69, 9.17) is 4.74 Å². The second-order valence-corrected chi connectivity index (χ2v) is 5.70. The average Bonchev–Trinajstić information content (AvgIpc) is 2.69. The number of nitriles is 1. The summed E-state index contributed by atoms with van der Waals surface area (Å²) in [5.74, 6) is -1.14. The number of rotatable bonds is 7. The standard InChI is InChI=1S/C21H19N3O4/c1-3-28-21(27)15-7-9-18(10-8-15)24-20(26)17(12-22)13-23-19-6-4-5-16(11-19)14(2)25/h4-11,13,23H,3H2,1-2H3,(H,24,26)/b17-13-. The third kappa shape index (κ3) is 5.54. The summed E-state index contributed by atoms with van der Waals surface area (Å²) < 4.78 is 4.89. The molecule has 0 radical (unpaired) electrons. The molecular formula is C21H19N3O4. The van der Waals surface area contributed by atoms with Crippen molar-refractivity contribution < 1.29 is 19.1 Å². The van der Waals surface area contributed by atoms with E-state index < -0.39 is 11.9 Å². The van der Waals surface area contributed by atoms with Gasteiger partial charge in [-0.2, -0.15) is 5.26 Å². The van der Waals surface area contributed by atoms with Gasteiger partial charge >= 0.3 is 5.97 Å². The molecule has 0 heterocycles. The third-order valence-corrected chi connectivity index (χ3v) is 3.67. The van der Waals surface area contributed by atoms with Gasteiger partial charge in [0.1, 0.15) is 11.6 Å². The molecule has 0 aromatic heterocycles. The van der Waals surface area contributed by atoms with E-state index in [9.17, 15) is 19.6 Å². The fraction of sp³-hybridized carbons (Fsp3) is 0.143. The van der Waals surface area contributed by atoms with Gasteiger partial charge in [-0.05, 0) is 50.2 Å². The number of nitrogens with one attached hydrogen (secondary N) is 2. The van der Waals surface area contributed by atoms with Crippen molar-refractivity contribution in [3.63, 3.8) is 0 Å². The van der Waals surface area contributed by atoms with Gasteiger partial charge in [0, 0.05) is 23.1 Å². The second kappa shape index (κ2) is 9.69. The van der Waals surface area contributed by atoms with E-state index in [2.05, 4.69) is 10.6 Å². The number of benzene rings is 2. The van der Waals surface area contributed by atoms with Crippen LogP contribution in [0.15, 0.2) is 60.3 Å². The van der Waals surface area contributed by atoms with Crippen LogP contribution in [0.2, 0.25) is 0 Å². The summed E-state index contributed by atoms with van der Waals surface area (Å²) >= 11 is 0. The zero-order valence-electron chi connectivity index (χ0n) is 15.5. The van der Waals surface area contributed by atoms with E-state index in [0.29, 0.717) is 22.5 Å². The Morgan fingerprint density at radius 2 is 1.79 bits per heavy atom. The van der Waals surface area contributed by atoms with Crippen LogP contribution in [-0.2, 0) is 9.53 Å². The lowest BCUT2D eigenvalue weighted by molar-refractivity contribution is -0.112. The van der Waals surface area contributed by atoms with Gasteiger partial charge < -0.3 is 15.4 Å². The number of anilines is 2. The zero-order chi connectivity index (χ0) is 20.5. The van der Waals surface area contributed by atoms with Crippen LogP contribution in [-0.4, -0.2) is 24.3 Å². The molecule has 0 bridgehead atoms. The van der Waals surface area contributed by atoms with E-state index in [0.717, 1.165) is 0 Å². The van der Waals surface area contributed by atoms with Crippen LogP contribution in [0.1, 0.15) is 34.6 Å². The van der Waals surface area contributed by atoms with Crippen LogP contribution in [0.5, 0.6) is 0 Å². The summed E-state index contributed by atoms with van der Waals surface area (Å²) in [7, 11) is 0. The highest BCUT2D eigenvalue weighted by molar-refractivity contribution is 6.07. The molecule has 2 aromatic rings. The first-order valence-electron chi connectivity index (χ1n) is 8.51. The summed E-state index contributed by atoms with van der Waals surface area (Å²) in [5.41, 5.74) is 1.73. The van der Waals surface area contributed by atoms with E-state index in [-0.39, 0.29) is 18.0 Å². The molecular weight excluding hydrogens is 358 g/mol. The molecule has 28 heavy (non-hydrogen) atoms. The van der Waals surface area contributed by atoms with Crippen LogP contribution < -0.4 is 10.6 Å². The van der Waals surface area contributed by atoms with E-state index in [1.807, 2.05) is 6.07 Å². The van der Waals surface area contributed by atoms with Crippen LogP contribution in [0.25, 0.3) is 0 Å². The van der Waals surface area contributed by atoms with Crippen molar-refractivity contribution in [3.05, 3.63) is 71.4 Å². The van der Waals surface area contributed by atoms with Crippen LogP contribution in [0.4, 0.5) is 11.4 Å². The number of nitrogens with zero attached hydrogens (tertiary/aromatic N) is 1. The number of Topliss-reactive ketones (excluding diaryl/α,β-unsaturated/α-hetero) is 1. The largest absolute Gasteiger partial charge is 0.462 e. The molecule has 0 unspecified atom stereocenters. The Morgan fingerprint density at radius 1 is 1.07 bits per heavy atom. The van der Waals surface area contributed by atoms with Gasteiger partial charge in [-0.15, -0.1) is 0 Å². The smallest absolute Gasteiger partial charge is 0.338 e. The van der Waals surface area contributed by atoms with Gasteiger partial charge in [-0.1, -0.05) is 12.1 Å². The maximum absolute atomic E-state index is 12.3. The van der Waals surface area contributed by atoms with E-state index in [1.54, 1.807) is 43.3 Å². The van der Waals surface area contributed by atoms with Crippen molar-refractivity contribution in [2.75, 3.05) is 17.2 Å². The minimum Gasteiger partial charge on any atom is -0.462 e. The molecule has 7 heteroatoms. The van der Waals surface area contributed by atoms with Gasteiger partial charge in [-0.3, -0.25) is 9.59 Å². The first-order chi connectivity index (χ1) is 13.4. The minimum absolute atomic E-state index is 0.0860. The normalized spacial score (nSPS) is 10.5. The predicted molar refractivity (Wildman–Crippen MR) is 105 cm³/mol. The number of carbonyl (C=O) groups excluding carboxylic acids is 3. The Balaban J connectivity index is 2.06. The van der Waals surface area contributed by atoms with Crippen molar-refractivity contribution in [1.82, 2.24) is 0 Å². The van der Waals surface area contributed by atoms with Crippen molar-refractivity contribution in [3.8, 4) is 6.07 Å². The fourth-order valence-electron chi connectivity index (χ4n) is 2.23. The maximum atomic E-state index is 12.3. The molecule has 0 aliphatic heterocycles. The lowest BCUT2D eigenvalue weighted by Crippen LogP contribution is -2.14. The predicted octanol–water partition coefficient (Wildman–Crippen LogP) is 3.52. The SMILES string of the molecule is CCOC(=O)c1ccc(NC(=O)/C(C#N)=C\Nc2cccc(C(C)=O)c2)cc1. The molecule has 7 nitrogen and oxygen atoms in total. The fourth-order valence-corrected chi connectivity index (χ4v) is 2.23. The van der Waals surface area contributed by atoms with Crippen LogP contribution in [0, 0.1) is 11.3 Å². The van der Waals surface area contributed by atoms with Crippen molar-refractivity contribution in [2.45, 2.75) is 13.8 Å². The molecule has 2 N–H and O–H groups in total. The molecule has 0 aliphatic rings. The van der Waals surface area contributed by atoms with E-state index in [1.165, 1.54) is 25.3 Å². The number of carbonyl (C=O) groups is 3. The van der Waals surface area contributed by atoms with Gasteiger partial charge in [0.2, 0.25) is 0 Å². The van der Waals surface area contributed by atoms with Crippen molar-refractivity contribution in [1.29, 1.82) is 5.26 Å². The van der Waals surface area contributed by atoms with E-state index >= 15 is 0 Å². The minimum atomic E-state index is -0.610. The molecule has 0 atom stereocenters. The average molecular weight is 377 g/mol. The quantitative estimate of drug-likeness (QED) is 0.331. The Labute approximate surface area is 162 Å². The summed E-state index contributed by atoms with van der Waals surface area (Å²) in [5, 5.41) is 14.7. The lowest BCUT2D eigenvalue weighted by atomic mass is 10.1. The monoisotopic (exact) mass is 377 g/mol. The maximum Gasteiger partial charge on any atom is 0.338 e. The molecule has 1 amide bonds. The Morgan fingerprint density at radius 3 is 2.39 bits per heavy atom. The van der Waals surface area contributed by atoms with Crippen molar-refractivity contribution in [2.24, 2.45) is 0 Å². The third-order valence-electron chi connectivity index (χ3n) is 3.67. The summed E-state index contributed by atoms with van der Waals surface area (Å²) in [6.45, 7) is 3.44. The lowest BCUT2D eigenvalue weighted by Gasteiger charge is -2.07. The molecule has 0 aliphatic carbocycles. The molecule has 0 saturated carbocycles. The number of esters is 1. The first kappa shape index (κ1) is 20.4. The first-order valence-corrected chi connectivity index (χ1v) is 8.51.